The molecule has 0 bridgehead atoms. The second-order valence-electron chi connectivity index (χ2n) is 9.55. The Labute approximate surface area is 213 Å². The molecule has 5 atom stereocenters. The molecule has 9 nitrogen and oxygen atoms in total. The fourth-order valence-corrected chi connectivity index (χ4v) is 5.47. The van der Waals surface area contributed by atoms with Gasteiger partial charge in [0.1, 0.15) is 41.6 Å². The molecule has 3 aromatic rings. The quantitative estimate of drug-likeness (QED) is 0.484. The molecule has 1 aromatic carbocycles. The van der Waals surface area contributed by atoms with Crippen molar-refractivity contribution in [2.24, 2.45) is 0 Å². The van der Waals surface area contributed by atoms with E-state index in [4.69, 9.17) is 25.6 Å². The Balaban J connectivity index is 1.39. The van der Waals surface area contributed by atoms with Crippen LogP contribution in [0.4, 0.5) is 4.39 Å². The van der Waals surface area contributed by atoms with Crippen molar-refractivity contribution < 1.29 is 28.6 Å². The summed E-state index contributed by atoms with van der Waals surface area (Å²) >= 11 is 5.80. The van der Waals surface area contributed by atoms with Crippen molar-refractivity contribution in [3.63, 3.8) is 0 Å². The van der Waals surface area contributed by atoms with Crippen LogP contribution in [0.3, 0.4) is 0 Å². The van der Waals surface area contributed by atoms with Gasteiger partial charge < -0.3 is 24.2 Å². The highest BCUT2D eigenvalue weighted by atomic mass is 35.5. The van der Waals surface area contributed by atoms with Gasteiger partial charge in [-0.05, 0) is 25.0 Å². The minimum absolute atomic E-state index is 0.0126. The highest BCUT2D eigenvalue weighted by Gasteiger charge is 2.47. The summed E-state index contributed by atoms with van der Waals surface area (Å²) in [6.07, 6.45) is 4.67. The van der Waals surface area contributed by atoms with E-state index in [2.05, 4.69) is 15.5 Å². The maximum Gasteiger partial charge on any atom is 0.142 e. The van der Waals surface area contributed by atoms with Crippen molar-refractivity contribution in [3.8, 4) is 11.3 Å². The van der Waals surface area contributed by atoms with E-state index in [1.165, 1.54) is 43.2 Å². The summed E-state index contributed by atoms with van der Waals surface area (Å²) < 4.78 is 33.0. The number of methoxy groups -OCH3 is 1. The van der Waals surface area contributed by atoms with Crippen LogP contribution in [0.2, 0.25) is 5.02 Å². The molecule has 0 unspecified atom stereocenters. The maximum atomic E-state index is 14.0. The predicted molar refractivity (Wildman–Crippen MR) is 128 cm³/mol. The molecule has 194 valence electrons. The molecule has 2 N–H and O–H groups in total. The van der Waals surface area contributed by atoms with Crippen molar-refractivity contribution in [2.45, 2.75) is 74.9 Å². The lowest BCUT2D eigenvalue weighted by atomic mass is 9.87. The van der Waals surface area contributed by atoms with Gasteiger partial charge in [0, 0.05) is 31.1 Å². The Morgan fingerprint density at radius 3 is 2.72 bits per heavy atom. The fourth-order valence-electron chi connectivity index (χ4n) is 5.35. The van der Waals surface area contributed by atoms with Crippen LogP contribution in [-0.4, -0.2) is 68.5 Å². The van der Waals surface area contributed by atoms with E-state index in [0.29, 0.717) is 23.6 Å². The lowest BCUT2D eigenvalue weighted by molar-refractivity contribution is -0.212. The topological polar surface area (TPSA) is 116 Å². The molecule has 0 radical (unpaired) electrons. The summed E-state index contributed by atoms with van der Waals surface area (Å²) in [7, 11) is 1.53. The van der Waals surface area contributed by atoms with E-state index >= 15 is 0 Å². The standard InChI is InChI=1S/C25H30ClFN4O5/c1-34-25-21(11-16-10-20(36-29-16)14-5-3-2-4-6-14)35-22(13-32)24(33)23(25)31-12-19(28-30-31)15-7-8-17(26)18(27)9-15/h7-10,12,14,21-25,32-33H,2-6,11,13H2,1H3/t21-,22-,23+,24+,25+/m1/s1. The maximum absolute atomic E-state index is 14.0. The number of ether oxygens (including phenoxy) is 2. The van der Waals surface area contributed by atoms with Crippen LogP contribution in [0, 0.1) is 5.82 Å². The monoisotopic (exact) mass is 520 g/mol. The second-order valence-corrected chi connectivity index (χ2v) is 9.96. The molecule has 1 aliphatic carbocycles. The van der Waals surface area contributed by atoms with Crippen molar-refractivity contribution in [1.82, 2.24) is 20.2 Å². The number of halogens is 2. The largest absolute Gasteiger partial charge is 0.394 e. The fraction of sp³-hybridized carbons (Fsp3) is 0.560. The van der Waals surface area contributed by atoms with Gasteiger partial charge in [0.2, 0.25) is 0 Å². The summed E-state index contributed by atoms with van der Waals surface area (Å²) in [6.45, 7) is -0.388. The van der Waals surface area contributed by atoms with Gasteiger partial charge in [0.15, 0.2) is 0 Å². The number of hydrogen-bond donors (Lipinski definition) is 2. The van der Waals surface area contributed by atoms with Gasteiger partial charge in [0.05, 0.1) is 29.6 Å². The zero-order chi connectivity index (χ0) is 25.2. The van der Waals surface area contributed by atoms with Crippen molar-refractivity contribution in [3.05, 3.63) is 52.8 Å². The van der Waals surface area contributed by atoms with E-state index in [-0.39, 0.29) is 11.6 Å². The third-order valence-electron chi connectivity index (χ3n) is 7.26. The second kappa shape index (κ2) is 10.9. The third-order valence-corrected chi connectivity index (χ3v) is 7.57. The molecule has 1 saturated heterocycles. The highest BCUT2D eigenvalue weighted by Crippen LogP contribution is 2.36. The van der Waals surface area contributed by atoms with Crippen LogP contribution in [-0.2, 0) is 15.9 Å². The number of nitrogens with zero attached hydrogens (tertiary/aromatic N) is 4. The molecule has 1 aliphatic heterocycles. The molecular formula is C25H30ClFN4O5. The predicted octanol–water partition coefficient (Wildman–Crippen LogP) is 3.69. The zero-order valence-corrected chi connectivity index (χ0v) is 20.7. The Morgan fingerprint density at radius 1 is 1.19 bits per heavy atom. The third kappa shape index (κ3) is 5.05. The summed E-state index contributed by atoms with van der Waals surface area (Å²) in [5.41, 5.74) is 1.63. The van der Waals surface area contributed by atoms with Crippen molar-refractivity contribution >= 4 is 11.6 Å². The zero-order valence-electron chi connectivity index (χ0n) is 20.0. The minimum atomic E-state index is -1.12. The number of hydrogen-bond acceptors (Lipinski definition) is 8. The summed E-state index contributed by atoms with van der Waals surface area (Å²) in [4.78, 5) is 0. The first kappa shape index (κ1) is 25.3. The Kier molecular flexibility index (Phi) is 7.68. The number of benzene rings is 1. The number of aromatic nitrogens is 4. The van der Waals surface area contributed by atoms with Crippen LogP contribution in [0.15, 0.2) is 35.0 Å². The molecule has 36 heavy (non-hydrogen) atoms. The van der Waals surface area contributed by atoms with Crippen LogP contribution < -0.4 is 0 Å². The molecule has 2 aliphatic rings. The molecule has 11 heteroatoms. The van der Waals surface area contributed by atoms with Gasteiger partial charge >= 0.3 is 0 Å². The van der Waals surface area contributed by atoms with E-state index in [9.17, 15) is 14.6 Å². The number of rotatable bonds is 7. The van der Waals surface area contributed by atoms with Crippen molar-refractivity contribution in [1.29, 1.82) is 0 Å². The van der Waals surface area contributed by atoms with Gasteiger partial charge in [0.25, 0.3) is 0 Å². The SMILES string of the molecule is CO[C@@H]1[C@@H](n2cc(-c3ccc(Cl)c(F)c3)nn2)[C@@H](O)[C@@H](CO)O[C@@H]1Cc1cc(C2CCCCC2)on1. The molecule has 0 amide bonds. The first-order chi connectivity index (χ1) is 17.5. The van der Waals surface area contributed by atoms with Gasteiger partial charge in [-0.2, -0.15) is 0 Å². The average molecular weight is 521 g/mol. The van der Waals surface area contributed by atoms with E-state index in [1.807, 2.05) is 6.07 Å². The van der Waals surface area contributed by atoms with E-state index < -0.39 is 36.3 Å². The Morgan fingerprint density at radius 2 is 2.00 bits per heavy atom. The molecule has 5 rings (SSSR count). The van der Waals surface area contributed by atoms with Gasteiger partial charge in [-0.15, -0.1) is 5.10 Å². The van der Waals surface area contributed by atoms with Crippen LogP contribution in [0.25, 0.3) is 11.3 Å². The first-order valence-electron chi connectivity index (χ1n) is 12.3. The van der Waals surface area contributed by atoms with Gasteiger partial charge in [-0.3, -0.25) is 0 Å². The molecule has 3 heterocycles. The van der Waals surface area contributed by atoms with E-state index in [0.717, 1.165) is 24.3 Å². The van der Waals surface area contributed by atoms with Crippen LogP contribution in [0.5, 0.6) is 0 Å². The van der Waals surface area contributed by atoms with Crippen molar-refractivity contribution in [2.75, 3.05) is 13.7 Å². The van der Waals surface area contributed by atoms with Gasteiger partial charge in [-0.25, -0.2) is 9.07 Å². The number of aliphatic hydroxyl groups is 2. The molecule has 2 fully saturated rings. The number of aliphatic hydroxyl groups excluding tert-OH is 2. The molecular weight excluding hydrogens is 491 g/mol. The smallest absolute Gasteiger partial charge is 0.142 e. The normalized spacial score (nSPS) is 27.4. The Bertz CT molecular complexity index is 1170. The van der Waals surface area contributed by atoms with Gasteiger partial charge in [-0.1, -0.05) is 47.3 Å². The minimum Gasteiger partial charge on any atom is -0.394 e. The van der Waals surface area contributed by atoms with Crippen LogP contribution >= 0.6 is 11.6 Å². The van der Waals surface area contributed by atoms with E-state index in [1.54, 1.807) is 12.3 Å². The molecule has 1 saturated carbocycles. The Hall–Kier alpha value is -2.37. The lowest BCUT2D eigenvalue weighted by Gasteiger charge is -2.43. The summed E-state index contributed by atoms with van der Waals surface area (Å²) in [5, 5.41) is 33.6. The highest BCUT2D eigenvalue weighted by molar-refractivity contribution is 6.30. The summed E-state index contributed by atoms with van der Waals surface area (Å²) in [6, 6.07) is 5.63. The first-order valence-corrected chi connectivity index (χ1v) is 12.7. The molecule has 2 aromatic heterocycles. The average Bonchev–Trinajstić information content (AvgIpc) is 3.57. The lowest BCUT2D eigenvalue weighted by Crippen LogP contribution is -2.57. The summed E-state index contributed by atoms with van der Waals surface area (Å²) in [5.74, 6) is 0.711. The van der Waals surface area contributed by atoms with Crippen LogP contribution in [0.1, 0.15) is 55.5 Å². The molecule has 0 spiro atoms.